The molecule has 18 heavy (non-hydrogen) atoms. The summed E-state index contributed by atoms with van der Waals surface area (Å²) in [5, 5.41) is 0. The number of carbonyl (C=O) groups is 1. The molecule has 0 spiro atoms. The molecule has 0 aliphatic heterocycles. The number of amides is 1. The van der Waals surface area contributed by atoms with Crippen LogP contribution in [0.3, 0.4) is 0 Å². The first-order chi connectivity index (χ1) is 8.49. The molecule has 1 aliphatic carbocycles. The van der Waals surface area contributed by atoms with Crippen molar-refractivity contribution in [1.29, 1.82) is 0 Å². The van der Waals surface area contributed by atoms with Gasteiger partial charge in [0.25, 0.3) is 5.91 Å². The zero-order valence-corrected chi connectivity index (χ0v) is 12.2. The van der Waals surface area contributed by atoms with Gasteiger partial charge in [0.2, 0.25) is 0 Å². The Morgan fingerprint density at radius 2 is 2.17 bits per heavy atom. The minimum Gasteiger partial charge on any atom is -0.335 e. The lowest BCUT2D eigenvalue weighted by Gasteiger charge is -2.24. The van der Waals surface area contributed by atoms with Gasteiger partial charge >= 0.3 is 0 Å². The molecule has 1 aromatic carbocycles. The molecule has 0 unspecified atom stereocenters. The maximum absolute atomic E-state index is 13.7. The van der Waals surface area contributed by atoms with Gasteiger partial charge in [0.15, 0.2) is 0 Å². The lowest BCUT2D eigenvalue weighted by molar-refractivity contribution is 0.0717. The van der Waals surface area contributed by atoms with Gasteiger partial charge in [0, 0.05) is 17.1 Å². The van der Waals surface area contributed by atoms with Crippen LogP contribution in [0.4, 0.5) is 4.39 Å². The number of halogens is 2. The summed E-state index contributed by atoms with van der Waals surface area (Å²) in [5.41, 5.74) is 0.164. The zero-order valence-electron chi connectivity index (χ0n) is 10.6. The highest BCUT2D eigenvalue weighted by molar-refractivity contribution is 9.10. The quantitative estimate of drug-likeness (QED) is 0.827. The van der Waals surface area contributed by atoms with Crippen LogP contribution in [0.5, 0.6) is 0 Å². The van der Waals surface area contributed by atoms with E-state index in [1.165, 1.54) is 6.07 Å². The van der Waals surface area contributed by atoms with Gasteiger partial charge in [-0.05, 0) is 37.0 Å². The third-order valence-electron chi connectivity index (χ3n) is 2.97. The van der Waals surface area contributed by atoms with Crippen LogP contribution in [0.25, 0.3) is 0 Å². The van der Waals surface area contributed by atoms with Crippen molar-refractivity contribution >= 4 is 21.8 Å². The monoisotopic (exact) mass is 313 g/mol. The van der Waals surface area contributed by atoms with E-state index in [0.717, 1.165) is 17.3 Å². The third-order valence-corrected chi connectivity index (χ3v) is 3.46. The summed E-state index contributed by atoms with van der Waals surface area (Å²) in [7, 11) is 0. The molecule has 0 aromatic heterocycles. The Morgan fingerprint density at radius 1 is 1.50 bits per heavy atom. The highest BCUT2D eigenvalue weighted by atomic mass is 79.9. The van der Waals surface area contributed by atoms with Crippen LogP contribution in [0.1, 0.15) is 37.0 Å². The van der Waals surface area contributed by atoms with E-state index in [4.69, 9.17) is 0 Å². The normalized spacial score (nSPS) is 14.9. The van der Waals surface area contributed by atoms with E-state index >= 15 is 0 Å². The summed E-state index contributed by atoms with van der Waals surface area (Å²) in [5.74, 6) is -0.243. The summed E-state index contributed by atoms with van der Waals surface area (Å²) < 4.78 is 14.5. The molecule has 0 atom stereocenters. The van der Waals surface area contributed by atoms with Crippen LogP contribution < -0.4 is 0 Å². The first kappa shape index (κ1) is 13.5. The first-order valence-electron chi connectivity index (χ1n) is 6.25. The summed E-state index contributed by atoms with van der Waals surface area (Å²) in [4.78, 5) is 14.2. The topological polar surface area (TPSA) is 20.3 Å². The average Bonchev–Trinajstić information content (AvgIpc) is 3.12. The molecule has 1 fully saturated rings. The van der Waals surface area contributed by atoms with Crippen LogP contribution >= 0.6 is 15.9 Å². The van der Waals surface area contributed by atoms with Gasteiger partial charge < -0.3 is 4.90 Å². The number of hydrogen-bond acceptors (Lipinski definition) is 1. The van der Waals surface area contributed by atoms with Crippen molar-refractivity contribution in [3.63, 3.8) is 0 Å². The van der Waals surface area contributed by atoms with Gasteiger partial charge in [0.1, 0.15) is 5.82 Å². The zero-order chi connectivity index (χ0) is 13.3. The maximum atomic E-state index is 13.7. The van der Waals surface area contributed by atoms with Gasteiger partial charge in [-0.25, -0.2) is 4.39 Å². The molecule has 1 aromatic rings. The van der Waals surface area contributed by atoms with Crippen molar-refractivity contribution in [2.24, 2.45) is 5.92 Å². The predicted molar refractivity (Wildman–Crippen MR) is 73.0 cm³/mol. The number of nitrogens with zero attached hydrogens (tertiary/aromatic N) is 1. The molecule has 0 bridgehead atoms. The summed E-state index contributed by atoms with van der Waals surface area (Å²) >= 11 is 3.28. The molecule has 4 heteroatoms. The Bertz CT molecular complexity index is 457. The van der Waals surface area contributed by atoms with Gasteiger partial charge in [-0.2, -0.15) is 0 Å². The summed E-state index contributed by atoms with van der Waals surface area (Å²) in [6.45, 7) is 4.83. The van der Waals surface area contributed by atoms with E-state index in [0.29, 0.717) is 18.5 Å². The standard InChI is InChI=1S/C14H17BrFNO/c1-9(2)8-17(11-4-5-11)14(18)12-7-10(15)3-6-13(12)16/h3,6-7,9,11H,4-5,8H2,1-2H3. The molecule has 0 N–H and O–H groups in total. The van der Waals surface area contributed by atoms with Crippen LogP contribution in [0.15, 0.2) is 22.7 Å². The molecule has 0 radical (unpaired) electrons. The smallest absolute Gasteiger partial charge is 0.257 e. The van der Waals surface area contributed by atoms with Crippen molar-refractivity contribution in [3.05, 3.63) is 34.1 Å². The largest absolute Gasteiger partial charge is 0.335 e. The van der Waals surface area contributed by atoms with Crippen molar-refractivity contribution < 1.29 is 9.18 Å². The fourth-order valence-electron chi connectivity index (χ4n) is 1.99. The Hall–Kier alpha value is -0.900. The van der Waals surface area contributed by atoms with Crippen LogP contribution in [0.2, 0.25) is 0 Å². The Kier molecular flexibility index (Phi) is 4.05. The van der Waals surface area contributed by atoms with E-state index in [-0.39, 0.29) is 11.5 Å². The van der Waals surface area contributed by atoms with E-state index in [1.54, 1.807) is 12.1 Å². The van der Waals surface area contributed by atoms with Crippen molar-refractivity contribution in [2.75, 3.05) is 6.54 Å². The molecule has 0 saturated heterocycles. The number of hydrogen-bond donors (Lipinski definition) is 0. The highest BCUT2D eigenvalue weighted by Gasteiger charge is 2.34. The molecule has 1 aliphatic rings. The lowest BCUT2D eigenvalue weighted by atomic mass is 10.1. The third kappa shape index (κ3) is 3.10. The molecule has 2 nitrogen and oxygen atoms in total. The Morgan fingerprint density at radius 3 is 2.72 bits per heavy atom. The lowest BCUT2D eigenvalue weighted by Crippen LogP contribution is -2.36. The summed E-state index contributed by atoms with van der Waals surface area (Å²) in [6.07, 6.45) is 2.07. The van der Waals surface area contributed by atoms with E-state index in [1.807, 2.05) is 4.90 Å². The fourth-order valence-corrected chi connectivity index (χ4v) is 2.35. The number of benzene rings is 1. The maximum Gasteiger partial charge on any atom is 0.257 e. The molecule has 1 saturated carbocycles. The molecule has 2 rings (SSSR count). The molecule has 98 valence electrons. The van der Waals surface area contributed by atoms with Crippen LogP contribution in [-0.4, -0.2) is 23.4 Å². The fraction of sp³-hybridized carbons (Fsp3) is 0.500. The molecular weight excluding hydrogens is 297 g/mol. The second-order valence-corrected chi connectivity index (χ2v) is 6.12. The van der Waals surface area contributed by atoms with Crippen molar-refractivity contribution in [1.82, 2.24) is 4.90 Å². The SMILES string of the molecule is CC(C)CN(C(=O)c1cc(Br)ccc1F)C1CC1. The highest BCUT2D eigenvalue weighted by Crippen LogP contribution is 2.30. The Labute approximate surface area is 115 Å². The number of carbonyl (C=O) groups excluding carboxylic acids is 1. The van der Waals surface area contributed by atoms with Gasteiger partial charge in [-0.15, -0.1) is 0 Å². The summed E-state index contributed by atoms with van der Waals surface area (Å²) in [6, 6.07) is 4.81. The first-order valence-corrected chi connectivity index (χ1v) is 7.04. The van der Waals surface area contributed by atoms with Gasteiger partial charge in [-0.1, -0.05) is 29.8 Å². The minimum absolute atomic E-state index is 0.164. The van der Waals surface area contributed by atoms with Crippen molar-refractivity contribution in [3.8, 4) is 0 Å². The van der Waals surface area contributed by atoms with Crippen molar-refractivity contribution in [2.45, 2.75) is 32.7 Å². The molecule has 1 amide bonds. The molecule has 0 heterocycles. The Balaban J connectivity index is 2.24. The van der Waals surface area contributed by atoms with E-state index in [2.05, 4.69) is 29.8 Å². The second kappa shape index (κ2) is 5.39. The minimum atomic E-state index is -0.447. The van der Waals surface area contributed by atoms with E-state index in [9.17, 15) is 9.18 Å². The van der Waals surface area contributed by atoms with Crippen LogP contribution in [-0.2, 0) is 0 Å². The predicted octanol–water partition coefficient (Wildman–Crippen LogP) is 3.85. The second-order valence-electron chi connectivity index (χ2n) is 5.21. The van der Waals surface area contributed by atoms with Crippen LogP contribution in [0, 0.1) is 11.7 Å². The number of rotatable bonds is 4. The van der Waals surface area contributed by atoms with E-state index < -0.39 is 5.82 Å². The molecular formula is C14H17BrFNO. The van der Waals surface area contributed by atoms with Gasteiger partial charge in [0.05, 0.1) is 5.56 Å². The van der Waals surface area contributed by atoms with Gasteiger partial charge in [-0.3, -0.25) is 4.79 Å². The average molecular weight is 314 g/mol.